The van der Waals surface area contributed by atoms with Crippen molar-refractivity contribution in [3.05, 3.63) is 88.4 Å². The number of fused-ring (bicyclic) bond motifs is 1. The summed E-state index contributed by atoms with van der Waals surface area (Å²) in [4.78, 5) is 12.2. The highest BCUT2D eigenvalue weighted by Crippen LogP contribution is 2.31. The molecule has 0 saturated heterocycles. The summed E-state index contributed by atoms with van der Waals surface area (Å²) in [7, 11) is 0. The van der Waals surface area contributed by atoms with Crippen LogP contribution in [0.4, 0.5) is 0 Å². The topological polar surface area (TPSA) is 69.2 Å². The van der Waals surface area contributed by atoms with Gasteiger partial charge in [-0.3, -0.25) is 4.79 Å². The van der Waals surface area contributed by atoms with Crippen molar-refractivity contribution in [3.8, 4) is 17.2 Å². The number of benzene rings is 3. The third-order valence-electron chi connectivity index (χ3n) is 4.21. The molecular weight excluding hydrogens is 392 g/mol. The first kappa shape index (κ1) is 18.8. The van der Waals surface area contributed by atoms with Crippen LogP contribution in [-0.2, 0) is 6.61 Å². The number of hydrogen-bond acceptors (Lipinski definition) is 5. The highest BCUT2D eigenvalue weighted by atomic mass is 35.5. The van der Waals surface area contributed by atoms with E-state index in [4.69, 9.17) is 25.8 Å². The molecular formula is C22H17ClN2O4. The van der Waals surface area contributed by atoms with Crippen molar-refractivity contribution in [2.45, 2.75) is 6.61 Å². The highest BCUT2D eigenvalue weighted by Gasteiger charge is 2.12. The van der Waals surface area contributed by atoms with Gasteiger partial charge in [0.1, 0.15) is 12.4 Å². The molecule has 6 nitrogen and oxygen atoms in total. The van der Waals surface area contributed by atoms with Crippen molar-refractivity contribution in [2.24, 2.45) is 5.10 Å². The molecule has 3 aromatic rings. The van der Waals surface area contributed by atoms with E-state index in [1.807, 2.05) is 30.3 Å². The summed E-state index contributed by atoms with van der Waals surface area (Å²) in [6.07, 6.45) is 1.55. The van der Waals surface area contributed by atoms with E-state index in [-0.39, 0.29) is 12.7 Å². The van der Waals surface area contributed by atoms with E-state index < -0.39 is 0 Å². The normalized spacial score (nSPS) is 12.2. The van der Waals surface area contributed by atoms with Crippen LogP contribution in [0.2, 0.25) is 5.02 Å². The molecule has 0 atom stereocenters. The van der Waals surface area contributed by atoms with Gasteiger partial charge in [-0.1, -0.05) is 23.7 Å². The first-order valence-electron chi connectivity index (χ1n) is 8.88. The van der Waals surface area contributed by atoms with Gasteiger partial charge in [-0.05, 0) is 65.7 Å². The number of nitrogens with zero attached hydrogens (tertiary/aromatic N) is 1. The van der Waals surface area contributed by atoms with Crippen molar-refractivity contribution >= 4 is 23.7 Å². The number of ether oxygens (including phenoxy) is 3. The Morgan fingerprint density at radius 2 is 1.79 bits per heavy atom. The average Bonchev–Trinajstić information content (AvgIpc) is 3.21. The molecule has 29 heavy (non-hydrogen) atoms. The van der Waals surface area contributed by atoms with Crippen molar-refractivity contribution < 1.29 is 19.0 Å². The van der Waals surface area contributed by atoms with Crippen molar-refractivity contribution in [2.75, 3.05) is 6.79 Å². The number of amides is 1. The van der Waals surface area contributed by atoms with E-state index >= 15 is 0 Å². The van der Waals surface area contributed by atoms with Crippen LogP contribution in [0.5, 0.6) is 17.2 Å². The average molecular weight is 409 g/mol. The zero-order valence-electron chi connectivity index (χ0n) is 15.3. The summed E-state index contributed by atoms with van der Waals surface area (Å²) < 4.78 is 16.3. The minimum atomic E-state index is -0.314. The second kappa shape index (κ2) is 8.67. The molecule has 7 heteroatoms. The second-order valence-electron chi connectivity index (χ2n) is 6.25. The minimum absolute atomic E-state index is 0.214. The SMILES string of the molecule is O=C(NN=Cc1ccc2c(c1)OCO2)c1ccc(OCc2ccc(Cl)cc2)cc1. The van der Waals surface area contributed by atoms with E-state index in [2.05, 4.69) is 10.5 Å². The summed E-state index contributed by atoms with van der Waals surface area (Å²) in [6, 6.07) is 19.7. The van der Waals surface area contributed by atoms with Crippen molar-refractivity contribution in [3.63, 3.8) is 0 Å². The number of carbonyl (C=O) groups excluding carboxylic acids is 1. The van der Waals surface area contributed by atoms with E-state index in [0.29, 0.717) is 34.4 Å². The fourth-order valence-electron chi connectivity index (χ4n) is 2.67. The zero-order valence-corrected chi connectivity index (χ0v) is 16.1. The van der Waals surface area contributed by atoms with Gasteiger partial charge < -0.3 is 14.2 Å². The lowest BCUT2D eigenvalue weighted by Gasteiger charge is -2.07. The van der Waals surface area contributed by atoms with Crippen LogP contribution in [0.15, 0.2) is 71.8 Å². The Bertz CT molecular complexity index is 1030. The monoisotopic (exact) mass is 408 g/mol. The molecule has 3 aromatic carbocycles. The molecule has 1 heterocycles. The highest BCUT2D eigenvalue weighted by molar-refractivity contribution is 6.30. The van der Waals surface area contributed by atoms with Gasteiger partial charge in [0, 0.05) is 10.6 Å². The van der Waals surface area contributed by atoms with Crippen LogP contribution in [-0.4, -0.2) is 18.9 Å². The summed E-state index contributed by atoms with van der Waals surface area (Å²) in [5.74, 6) is 1.71. The predicted molar refractivity (Wildman–Crippen MR) is 110 cm³/mol. The van der Waals surface area contributed by atoms with Gasteiger partial charge in [0.05, 0.1) is 6.21 Å². The van der Waals surface area contributed by atoms with Crippen LogP contribution in [0.25, 0.3) is 0 Å². The molecule has 146 valence electrons. The third kappa shape index (κ3) is 4.86. The van der Waals surface area contributed by atoms with E-state index in [1.165, 1.54) is 0 Å². The number of halogens is 1. The smallest absolute Gasteiger partial charge is 0.271 e. The Labute approximate surface area is 172 Å². The quantitative estimate of drug-likeness (QED) is 0.484. The lowest BCUT2D eigenvalue weighted by molar-refractivity contribution is 0.0955. The molecule has 0 unspecified atom stereocenters. The molecule has 0 radical (unpaired) electrons. The Kier molecular flexibility index (Phi) is 5.63. The number of rotatable bonds is 6. The molecule has 1 aliphatic rings. The Morgan fingerprint density at radius 3 is 2.59 bits per heavy atom. The lowest BCUT2D eigenvalue weighted by atomic mass is 10.2. The van der Waals surface area contributed by atoms with E-state index in [0.717, 1.165) is 11.1 Å². The maximum atomic E-state index is 12.2. The third-order valence-corrected chi connectivity index (χ3v) is 4.46. The molecule has 0 spiro atoms. The number of carbonyl (C=O) groups is 1. The molecule has 0 aromatic heterocycles. The largest absolute Gasteiger partial charge is 0.489 e. The fourth-order valence-corrected chi connectivity index (χ4v) is 2.80. The molecule has 1 amide bonds. The summed E-state index contributed by atoms with van der Waals surface area (Å²) >= 11 is 5.87. The Balaban J connectivity index is 1.30. The van der Waals surface area contributed by atoms with Crippen LogP contribution >= 0.6 is 11.6 Å². The zero-order chi connectivity index (χ0) is 20.1. The molecule has 0 fully saturated rings. The van der Waals surface area contributed by atoms with Gasteiger partial charge in [-0.2, -0.15) is 5.10 Å². The van der Waals surface area contributed by atoms with Gasteiger partial charge in [0.2, 0.25) is 6.79 Å². The first-order valence-corrected chi connectivity index (χ1v) is 9.25. The van der Waals surface area contributed by atoms with Gasteiger partial charge >= 0.3 is 0 Å². The van der Waals surface area contributed by atoms with Crippen LogP contribution in [0, 0.1) is 0 Å². The maximum absolute atomic E-state index is 12.2. The van der Waals surface area contributed by atoms with E-state index in [1.54, 1.807) is 42.6 Å². The summed E-state index contributed by atoms with van der Waals surface area (Å²) in [5.41, 5.74) is 4.78. The maximum Gasteiger partial charge on any atom is 0.271 e. The van der Waals surface area contributed by atoms with Crippen molar-refractivity contribution in [1.29, 1.82) is 0 Å². The molecule has 1 aliphatic heterocycles. The molecule has 4 rings (SSSR count). The fraction of sp³-hybridized carbons (Fsp3) is 0.0909. The number of hydrazone groups is 1. The molecule has 0 aliphatic carbocycles. The van der Waals surface area contributed by atoms with Gasteiger partial charge in [0.25, 0.3) is 5.91 Å². The second-order valence-corrected chi connectivity index (χ2v) is 6.69. The van der Waals surface area contributed by atoms with Gasteiger partial charge in [-0.15, -0.1) is 0 Å². The van der Waals surface area contributed by atoms with Gasteiger partial charge in [-0.25, -0.2) is 5.43 Å². The Morgan fingerprint density at radius 1 is 1.03 bits per heavy atom. The summed E-state index contributed by atoms with van der Waals surface area (Å²) in [6.45, 7) is 0.634. The van der Waals surface area contributed by atoms with Crippen LogP contribution in [0.1, 0.15) is 21.5 Å². The standard InChI is InChI=1S/C22H17ClN2O4/c23-18-6-1-15(2-7-18)13-27-19-8-4-17(5-9-19)22(26)25-24-12-16-3-10-20-21(11-16)29-14-28-20/h1-12H,13-14H2,(H,25,26). The molecule has 1 N–H and O–H groups in total. The minimum Gasteiger partial charge on any atom is -0.489 e. The molecule has 0 saturated carbocycles. The first-order chi connectivity index (χ1) is 14.2. The van der Waals surface area contributed by atoms with Gasteiger partial charge in [0.15, 0.2) is 11.5 Å². The van der Waals surface area contributed by atoms with Crippen molar-refractivity contribution in [1.82, 2.24) is 5.43 Å². The van der Waals surface area contributed by atoms with Crippen LogP contribution < -0.4 is 19.6 Å². The van der Waals surface area contributed by atoms with E-state index in [9.17, 15) is 4.79 Å². The lowest BCUT2D eigenvalue weighted by Crippen LogP contribution is -2.17. The Hall–Kier alpha value is -3.51. The predicted octanol–water partition coefficient (Wildman–Crippen LogP) is 4.41. The van der Waals surface area contributed by atoms with Crippen LogP contribution in [0.3, 0.4) is 0 Å². The summed E-state index contributed by atoms with van der Waals surface area (Å²) in [5, 5.41) is 4.67. The number of hydrogen-bond donors (Lipinski definition) is 1. The number of nitrogens with one attached hydrogen (secondary N) is 1. The molecule has 0 bridgehead atoms.